The number of rotatable bonds is 8. The van der Waals surface area contributed by atoms with Crippen molar-refractivity contribution in [2.75, 3.05) is 45.3 Å². The summed E-state index contributed by atoms with van der Waals surface area (Å²) >= 11 is 0. The molecule has 0 aliphatic carbocycles. The van der Waals surface area contributed by atoms with E-state index in [0.29, 0.717) is 18.1 Å². The van der Waals surface area contributed by atoms with E-state index in [1.807, 2.05) is 25.1 Å². The van der Waals surface area contributed by atoms with Crippen molar-refractivity contribution in [2.24, 2.45) is 4.99 Å². The Labute approximate surface area is 206 Å². The fraction of sp³-hybridized carbons (Fsp3) is 0.435. The number of aliphatic hydroxyl groups excluding tert-OH is 1. The van der Waals surface area contributed by atoms with Crippen LogP contribution in [0.3, 0.4) is 0 Å². The van der Waals surface area contributed by atoms with Crippen molar-refractivity contribution in [1.82, 2.24) is 10.6 Å². The normalized spacial score (nSPS) is 16.8. The van der Waals surface area contributed by atoms with Gasteiger partial charge in [-0.2, -0.15) is 0 Å². The molecule has 2 atom stereocenters. The van der Waals surface area contributed by atoms with E-state index in [1.165, 1.54) is 12.1 Å². The lowest BCUT2D eigenvalue weighted by Crippen LogP contribution is -2.44. The maximum Gasteiger partial charge on any atom is 0.191 e. The minimum absolute atomic E-state index is 0. The summed E-state index contributed by atoms with van der Waals surface area (Å²) in [4.78, 5) is 6.80. The molecule has 0 spiro atoms. The molecule has 0 bridgehead atoms. The summed E-state index contributed by atoms with van der Waals surface area (Å²) in [5.74, 6) is 1.85. The fourth-order valence-electron chi connectivity index (χ4n) is 3.57. The molecule has 32 heavy (non-hydrogen) atoms. The molecule has 0 radical (unpaired) electrons. The van der Waals surface area contributed by atoms with Crippen molar-refractivity contribution in [3.8, 4) is 11.5 Å². The highest BCUT2D eigenvalue weighted by atomic mass is 127. The molecule has 2 unspecified atom stereocenters. The first-order chi connectivity index (χ1) is 15.0. The summed E-state index contributed by atoms with van der Waals surface area (Å²) in [7, 11) is 3.29. The Hall–Kier alpha value is -2.27. The van der Waals surface area contributed by atoms with Crippen LogP contribution < -0.4 is 25.0 Å². The molecule has 0 amide bonds. The molecule has 3 rings (SSSR count). The number of aliphatic imine (C=N–C) groups is 1. The monoisotopic (exact) mass is 558 g/mol. The Bertz CT molecular complexity index is 860. The summed E-state index contributed by atoms with van der Waals surface area (Å²) in [6.45, 7) is 4.59. The molecule has 1 aliphatic heterocycles. The molecule has 3 N–H and O–H groups in total. The average Bonchev–Trinajstić information content (AvgIpc) is 3.26. The zero-order valence-electron chi connectivity index (χ0n) is 18.7. The Morgan fingerprint density at radius 1 is 1.19 bits per heavy atom. The number of hydrogen-bond donors (Lipinski definition) is 3. The molecule has 1 heterocycles. The highest BCUT2D eigenvalue weighted by Gasteiger charge is 2.24. The molecule has 7 nitrogen and oxygen atoms in total. The maximum atomic E-state index is 13.1. The number of guanidine groups is 1. The number of aliphatic hydroxyl groups is 1. The van der Waals surface area contributed by atoms with Gasteiger partial charge in [0.1, 0.15) is 17.3 Å². The lowest BCUT2D eigenvalue weighted by atomic mass is 10.1. The van der Waals surface area contributed by atoms with Gasteiger partial charge in [-0.05, 0) is 31.0 Å². The van der Waals surface area contributed by atoms with E-state index in [2.05, 4.69) is 20.5 Å². The minimum Gasteiger partial charge on any atom is -0.497 e. The summed E-state index contributed by atoms with van der Waals surface area (Å²) in [6, 6.07) is 11.9. The third-order valence-corrected chi connectivity index (χ3v) is 5.25. The highest BCUT2D eigenvalue weighted by Crippen LogP contribution is 2.30. The van der Waals surface area contributed by atoms with Gasteiger partial charge in [0.15, 0.2) is 5.96 Å². The predicted molar refractivity (Wildman–Crippen MR) is 136 cm³/mol. The van der Waals surface area contributed by atoms with Crippen molar-refractivity contribution in [2.45, 2.75) is 25.5 Å². The van der Waals surface area contributed by atoms with Crippen molar-refractivity contribution >= 4 is 35.6 Å². The first-order valence-corrected chi connectivity index (χ1v) is 10.5. The number of methoxy groups -OCH3 is 2. The third kappa shape index (κ3) is 7.13. The van der Waals surface area contributed by atoms with Crippen LogP contribution in [0.1, 0.15) is 25.0 Å². The molecule has 1 saturated heterocycles. The first-order valence-electron chi connectivity index (χ1n) is 10.5. The molecular formula is C23H32FIN4O3. The molecule has 2 aromatic carbocycles. The summed E-state index contributed by atoms with van der Waals surface area (Å²) in [6.07, 6.45) is 0.158. The zero-order valence-corrected chi connectivity index (χ0v) is 21.0. The fourth-order valence-corrected chi connectivity index (χ4v) is 3.57. The van der Waals surface area contributed by atoms with Crippen molar-refractivity contribution in [3.63, 3.8) is 0 Å². The first kappa shape index (κ1) is 26.0. The Morgan fingerprint density at radius 3 is 2.44 bits per heavy atom. The van der Waals surface area contributed by atoms with Crippen LogP contribution in [0.15, 0.2) is 47.5 Å². The number of hydrogen-bond acceptors (Lipinski definition) is 5. The van der Waals surface area contributed by atoms with Crippen LogP contribution in [-0.4, -0.2) is 57.5 Å². The van der Waals surface area contributed by atoms with Crippen LogP contribution in [-0.2, 0) is 0 Å². The minimum atomic E-state index is -0.791. The van der Waals surface area contributed by atoms with Crippen LogP contribution in [0, 0.1) is 5.82 Å². The molecule has 0 aromatic heterocycles. The molecule has 1 aliphatic rings. The van der Waals surface area contributed by atoms with Crippen LogP contribution in [0.25, 0.3) is 0 Å². The standard InChI is InChI=1S/C23H31FN4O3.HI/c1-4-25-23(26-14-22(29)16-5-7-17(24)8-6-16)27-18-9-10-28(15-18)19-11-20(30-2)13-21(12-19)31-3;/h5-8,11-13,18,22,29H,4,9-10,14-15H2,1-3H3,(H2,25,26,27);1H. The van der Waals surface area contributed by atoms with E-state index in [0.717, 1.165) is 36.7 Å². The van der Waals surface area contributed by atoms with Gasteiger partial charge in [0, 0.05) is 49.6 Å². The molecule has 176 valence electrons. The van der Waals surface area contributed by atoms with Crippen LogP contribution >= 0.6 is 24.0 Å². The van der Waals surface area contributed by atoms with Gasteiger partial charge in [-0.3, -0.25) is 4.99 Å². The number of nitrogens with zero attached hydrogens (tertiary/aromatic N) is 2. The van der Waals surface area contributed by atoms with Gasteiger partial charge in [-0.25, -0.2) is 4.39 Å². The number of halogens is 2. The van der Waals surface area contributed by atoms with Crippen LogP contribution in [0.5, 0.6) is 11.5 Å². The van der Waals surface area contributed by atoms with E-state index >= 15 is 0 Å². The average molecular weight is 558 g/mol. The van der Waals surface area contributed by atoms with Gasteiger partial charge in [0.2, 0.25) is 0 Å². The number of anilines is 1. The van der Waals surface area contributed by atoms with E-state index in [-0.39, 0.29) is 42.4 Å². The molecule has 1 fully saturated rings. The lowest BCUT2D eigenvalue weighted by Gasteiger charge is -2.21. The van der Waals surface area contributed by atoms with Gasteiger partial charge >= 0.3 is 0 Å². The van der Waals surface area contributed by atoms with Crippen LogP contribution in [0.4, 0.5) is 10.1 Å². The number of ether oxygens (including phenoxy) is 2. The zero-order chi connectivity index (χ0) is 22.2. The third-order valence-electron chi connectivity index (χ3n) is 5.25. The van der Waals surface area contributed by atoms with E-state index in [9.17, 15) is 9.50 Å². The second kappa shape index (κ2) is 12.7. The van der Waals surface area contributed by atoms with E-state index in [1.54, 1.807) is 26.4 Å². The van der Waals surface area contributed by atoms with Gasteiger partial charge < -0.3 is 30.1 Å². The summed E-state index contributed by atoms with van der Waals surface area (Å²) < 4.78 is 23.8. The topological polar surface area (TPSA) is 78.4 Å². The molecule has 9 heteroatoms. The van der Waals surface area contributed by atoms with Gasteiger partial charge in [0.25, 0.3) is 0 Å². The molecular weight excluding hydrogens is 526 g/mol. The van der Waals surface area contributed by atoms with Crippen molar-refractivity contribution in [3.05, 3.63) is 53.8 Å². The SMILES string of the molecule is CCNC(=NCC(O)c1ccc(F)cc1)NC1CCN(c2cc(OC)cc(OC)c2)C1.I. The molecule has 2 aromatic rings. The Balaban J connectivity index is 0.00000363. The van der Waals surface area contributed by atoms with Gasteiger partial charge in [-0.1, -0.05) is 12.1 Å². The van der Waals surface area contributed by atoms with Gasteiger partial charge in [-0.15, -0.1) is 24.0 Å². The second-order valence-corrected chi connectivity index (χ2v) is 7.43. The lowest BCUT2D eigenvalue weighted by molar-refractivity contribution is 0.187. The predicted octanol–water partition coefficient (Wildman–Crippen LogP) is 3.33. The highest BCUT2D eigenvalue weighted by molar-refractivity contribution is 14.0. The maximum absolute atomic E-state index is 13.1. The summed E-state index contributed by atoms with van der Waals surface area (Å²) in [5, 5.41) is 17.0. The molecule has 0 saturated carbocycles. The Kier molecular flexibility index (Phi) is 10.3. The second-order valence-electron chi connectivity index (χ2n) is 7.43. The van der Waals surface area contributed by atoms with Crippen molar-refractivity contribution in [1.29, 1.82) is 0 Å². The number of benzene rings is 2. The van der Waals surface area contributed by atoms with E-state index < -0.39 is 6.10 Å². The summed E-state index contributed by atoms with van der Waals surface area (Å²) in [5.41, 5.74) is 1.69. The Morgan fingerprint density at radius 2 is 1.84 bits per heavy atom. The van der Waals surface area contributed by atoms with E-state index in [4.69, 9.17) is 9.47 Å². The van der Waals surface area contributed by atoms with Crippen LogP contribution in [0.2, 0.25) is 0 Å². The quantitative estimate of drug-likeness (QED) is 0.262. The number of nitrogens with one attached hydrogen (secondary N) is 2. The van der Waals surface area contributed by atoms with Crippen molar-refractivity contribution < 1.29 is 19.0 Å². The smallest absolute Gasteiger partial charge is 0.191 e. The largest absolute Gasteiger partial charge is 0.497 e. The van der Waals surface area contributed by atoms with Gasteiger partial charge in [0.05, 0.1) is 26.9 Å².